The number of H-pyrrole nitrogens is 1. The van der Waals surface area contributed by atoms with Gasteiger partial charge in [0.15, 0.2) is 5.82 Å². The molecule has 0 aliphatic heterocycles. The monoisotopic (exact) mass is 439 g/mol. The zero-order valence-electron chi connectivity index (χ0n) is 17.0. The highest BCUT2D eigenvalue weighted by molar-refractivity contribution is 7.19. The molecule has 0 aromatic carbocycles. The average molecular weight is 440 g/mol. The van der Waals surface area contributed by atoms with E-state index in [0.29, 0.717) is 12.4 Å². The molecule has 0 aliphatic rings. The Bertz CT molecular complexity index is 1510. The predicted octanol–water partition coefficient (Wildman–Crippen LogP) is 3.86. The van der Waals surface area contributed by atoms with E-state index >= 15 is 0 Å². The highest BCUT2D eigenvalue weighted by atomic mass is 32.1. The summed E-state index contributed by atoms with van der Waals surface area (Å²) in [7, 11) is 0. The standard InChI is InChI=1S/C22H17N9S/c1-14-18(17-6-2-3-8-31(17)29-14)22-27-19(20(32-22)21-24-13-25-28-21)16-10-26-30(12-16)11-15-5-4-7-23-9-15/h2-10,12-13H,11H2,1H3,(H,24,25,28). The first-order valence-electron chi connectivity index (χ1n) is 9.99. The molecule has 0 atom stereocenters. The molecule has 0 saturated heterocycles. The minimum Gasteiger partial charge on any atom is -0.268 e. The number of aromatic amines is 1. The molecule has 0 unspecified atom stereocenters. The third-order valence-electron chi connectivity index (χ3n) is 5.16. The molecule has 10 heteroatoms. The summed E-state index contributed by atoms with van der Waals surface area (Å²) in [4.78, 5) is 14.5. The van der Waals surface area contributed by atoms with E-state index in [0.717, 1.165) is 43.5 Å². The van der Waals surface area contributed by atoms with Crippen molar-refractivity contribution in [1.29, 1.82) is 0 Å². The van der Waals surface area contributed by atoms with Crippen LogP contribution in [0.15, 0.2) is 67.6 Å². The van der Waals surface area contributed by atoms with E-state index in [4.69, 9.17) is 4.98 Å². The second-order valence-electron chi connectivity index (χ2n) is 7.31. The zero-order valence-corrected chi connectivity index (χ0v) is 17.9. The summed E-state index contributed by atoms with van der Waals surface area (Å²) in [6.07, 6.45) is 10.9. The topological polar surface area (TPSA) is 102 Å². The number of hydrogen-bond acceptors (Lipinski definition) is 7. The Kier molecular flexibility index (Phi) is 4.36. The molecular weight excluding hydrogens is 422 g/mol. The second kappa shape index (κ2) is 7.50. The number of nitrogens with one attached hydrogen (secondary N) is 1. The number of aromatic nitrogens is 9. The molecule has 0 amide bonds. The van der Waals surface area contributed by atoms with E-state index in [1.165, 1.54) is 6.33 Å². The Morgan fingerprint density at radius 1 is 1.12 bits per heavy atom. The van der Waals surface area contributed by atoms with Crippen molar-refractivity contribution in [3.05, 3.63) is 78.9 Å². The van der Waals surface area contributed by atoms with Crippen molar-refractivity contribution in [2.24, 2.45) is 0 Å². The van der Waals surface area contributed by atoms with Crippen LogP contribution < -0.4 is 0 Å². The lowest BCUT2D eigenvalue weighted by Crippen LogP contribution is -1.99. The molecule has 6 rings (SSSR count). The molecule has 0 spiro atoms. The third-order valence-corrected chi connectivity index (χ3v) is 6.24. The second-order valence-corrected chi connectivity index (χ2v) is 8.31. The smallest absolute Gasteiger partial charge is 0.167 e. The van der Waals surface area contributed by atoms with E-state index in [1.807, 2.05) is 65.2 Å². The minimum atomic E-state index is 0.635. The molecule has 0 radical (unpaired) electrons. The first-order valence-corrected chi connectivity index (χ1v) is 10.8. The van der Waals surface area contributed by atoms with Crippen LogP contribution in [0.3, 0.4) is 0 Å². The molecule has 6 aromatic rings. The normalized spacial score (nSPS) is 11.4. The molecule has 6 heterocycles. The number of aryl methyl sites for hydroxylation is 1. The molecule has 0 saturated carbocycles. The number of hydrogen-bond donors (Lipinski definition) is 1. The van der Waals surface area contributed by atoms with Gasteiger partial charge in [0, 0.05) is 30.4 Å². The van der Waals surface area contributed by atoms with Crippen molar-refractivity contribution < 1.29 is 0 Å². The van der Waals surface area contributed by atoms with Gasteiger partial charge in [0.05, 0.1) is 40.1 Å². The van der Waals surface area contributed by atoms with Gasteiger partial charge < -0.3 is 0 Å². The maximum atomic E-state index is 5.02. The van der Waals surface area contributed by atoms with Gasteiger partial charge in [-0.25, -0.2) is 14.5 Å². The lowest BCUT2D eigenvalue weighted by Gasteiger charge is -2.00. The van der Waals surface area contributed by atoms with Gasteiger partial charge in [-0.15, -0.1) is 11.3 Å². The zero-order chi connectivity index (χ0) is 21.5. The Hall–Kier alpha value is -4.18. The number of thiazole rings is 1. The summed E-state index contributed by atoms with van der Waals surface area (Å²) in [5.74, 6) is 0.679. The van der Waals surface area contributed by atoms with Gasteiger partial charge in [-0.2, -0.15) is 15.3 Å². The Labute approximate surface area is 186 Å². The van der Waals surface area contributed by atoms with Crippen LogP contribution in [0.25, 0.3) is 38.0 Å². The van der Waals surface area contributed by atoms with Crippen LogP contribution in [-0.2, 0) is 6.54 Å². The minimum absolute atomic E-state index is 0.635. The number of fused-ring (bicyclic) bond motifs is 1. The molecular formula is C22H17N9S. The molecule has 156 valence electrons. The molecule has 0 bridgehead atoms. The van der Waals surface area contributed by atoms with Gasteiger partial charge in [0.2, 0.25) is 0 Å². The maximum Gasteiger partial charge on any atom is 0.167 e. The summed E-state index contributed by atoms with van der Waals surface area (Å²) < 4.78 is 3.77. The summed E-state index contributed by atoms with van der Waals surface area (Å²) in [6.45, 7) is 2.64. The molecule has 0 fully saturated rings. The van der Waals surface area contributed by atoms with E-state index < -0.39 is 0 Å². The van der Waals surface area contributed by atoms with Crippen LogP contribution in [0.2, 0.25) is 0 Å². The van der Waals surface area contributed by atoms with Crippen LogP contribution in [-0.4, -0.2) is 44.5 Å². The quantitative estimate of drug-likeness (QED) is 0.438. The lowest BCUT2D eigenvalue weighted by molar-refractivity contribution is 0.685. The van der Waals surface area contributed by atoms with Gasteiger partial charge in [-0.3, -0.25) is 14.8 Å². The van der Waals surface area contributed by atoms with E-state index in [1.54, 1.807) is 17.5 Å². The van der Waals surface area contributed by atoms with Crippen molar-refractivity contribution in [2.75, 3.05) is 0 Å². The molecule has 1 N–H and O–H groups in total. The number of nitrogens with zero attached hydrogens (tertiary/aromatic N) is 8. The Morgan fingerprint density at radius 3 is 2.94 bits per heavy atom. The van der Waals surface area contributed by atoms with Crippen LogP contribution in [0.5, 0.6) is 0 Å². The lowest BCUT2D eigenvalue weighted by atomic mass is 10.2. The highest BCUT2D eigenvalue weighted by Crippen LogP contribution is 2.41. The first kappa shape index (κ1) is 18.6. The largest absolute Gasteiger partial charge is 0.268 e. The van der Waals surface area contributed by atoms with E-state index in [9.17, 15) is 0 Å². The fourth-order valence-electron chi connectivity index (χ4n) is 3.73. The van der Waals surface area contributed by atoms with Gasteiger partial charge >= 0.3 is 0 Å². The molecule has 6 aromatic heterocycles. The first-order chi connectivity index (χ1) is 15.8. The van der Waals surface area contributed by atoms with Gasteiger partial charge in [-0.05, 0) is 30.7 Å². The molecule has 9 nitrogen and oxygen atoms in total. The predicted molar refractivity (Wildman–Crippen MR) is 121 cm³/mol. The molecule has 32 heavy (non-hydrogen) atoms. The fraction of sp³-hybridized carbons (Fsp3) is 0.0909. The molecule has 0 aliphatic carbocycles. The van der Waals surface area contributed by atoms with Crippen molar-refractivity contribution in [3.63, 3.8) is 0 Å². The third kappa shape index (κ3) is 3.17. The van der Waals surface area contributed by atoms with Crippen molar-refractivity contribution in [1.82, 2.24) is 44.5 Å². The fourth-order valence-corrected chi connectivity index (χ4v) is 4.87. The Balaban J connectivity index is 1.47. The van der Waals surface area contributed by atoms with Gasteiger partial charge in [0.1, 0.15) is 11.3 Å². The van der Waals surface area contributed by atoms with Crippen molar-refractivity contribution in [3.8, 4) is 32.5 Å². The van der Waals surface area contributed by atoms with Gasteiger partial charge in [-0.1, -0.05) is 12.1 Å². The summed E-state index contributed by atoms with van der Waals surface area (Å²) >= 11 is 1.57. The van der Waals surface area contributed by atoms with Crippen LogP contribution >= 0.6 is 11.3 Å². The van der Waals surface area contributed by atoms with E-state index in [-0.39, 0.29) is 0 Å². The van der Waals surface area contributed by atoms with Crippen molar-refractivity contribution >= 4 is 16.9 Å². The maximum absolute atomic E-state index is 5.02. The highest BCUT2D eigenvalue weighted by Gasteiger charge is 2.22. The number of pyridine rings is 2. The van der Waals surface area contributed by atoms with Crippen molar-refractivity contribution in [2.45, 2.75) is 13.5 Å². The van der Waals surface area contributed by atoms with Gasteiger partial charge in [0.25, 0.3) is 0 Å². The number of rotatable bonds is 5. The summed E-state index contributed by atoms with van der Waals surface area (Å²) in [6, 6.07) is 9.98. The average Bonchev–Trinajstić information content (AvgIpc) is 3.59. The summed E-state index contributed by atoms with van der Waals surface area (Å²) in [5.41, 5.74) is 5.77. The van der Waals surface area contributed by atoms with E-state index in [2.05, 4.69) is 36.4 Å². The summed E-state index contributed by atoms with van der Waals surface area (Å²) in [5, 5.41) is 17.1. The SMILES string of the molecule is Cc1nn2ccccc2c1-c1nc(-c2cnn(Cc3cccnc3)c2)c(-c2ncn[nH]2)s1. The van der Waals surface area contributed by atoms with Crippen LogP contribution in [0.4, 0.5) is 0 Å². The Morgan fingerprint density at radius 2 is 2.09 bits per heavy atom. The van der Waals surface area contributed by atoms with Crippen LogP contribution in [0, 0.1) is 6.92 Å². The van der Waals surface area contributed by atoms with Crippen LogP contribution in [0.1, 0.15) is 11.3 Å².